The van der Waals surface area contributed by atoms with Gasteiger partial charge in [0.2, 0.25) is 5.91 Å². The number of halogens is 1. The molecule has 2 aliphatic rings. The van der Waals surface area contributed by atoms with Crippen LogP contribution in [-0.4, -0.2) is 42.9 Å². The number of benzene rings is 2. The van der Waals surface area contributed by atoms with Gasteiger partial charge >= 0.3 is 0 Å². The summed E-state index contributed by atoms with van der Waals surface area (Å²) in [7, 11) is 0. The molecule has 0 aliphatic carbocycles. The van der Waals surface area contributed by atoms with Gasteiger partial charge in [0.25, 0.3) is 5.91 Å². The molecule has 2 aromatic rings. The van der Waals surface area contributed by atoms with Crippen LogP contribution in [0.4, 0.5) is 15.8 Å². The molecule has 2 aromatic carbocycles. The van der Waals surface area contributed by atoms with E-state index < -0.39 is 5.82 Å². The first-order valence-electron chi connectivity index (χ1n) is 10.3. The van der Waals surface area contributed by atoms with E-state index in [1.54, 1.807) is 11.0 Å². The third-order valence-electron chi connectivity index (χ3n) is 5.83. The van der Waals surface area contributed by atoms with E-state index in [1.165, 1.54) is 36.7 Å². The zero-order valence-corrected chi connectivity index (χ0v) is 16.4. The molecular formula is C23H26FN3O2. The quantitative estimate of drug-likeness (QED) is 0.854. The number of carbonyl (C=O) groups excluding carboxylic acids is 2. The van der Waals surface area contributed by atoms with Crippen LogP contribution in [0.1, 0.15) is 36.0 Å². The summed E-state index contributed by atoms with van der Waals surface area (Å²) in [5.74, 6) is -0.719. The third kappa shape index (κ3) is 4.58. The van der Waals surface area contributed by atoms with Crippen molar-refractivity contribution in [3.63, 3.8) is 0 Å². The van der Waals surface area contributed by atoms with Crippen LogP contribution in [0.2, 0.25) is 0 Å². The molecule has 2 aliphatic heterocycles. The standard InChI is InChI=1S/C23H26FN3O2/c24-19-5-3-4-18(16-19)23(29)27-14-10-17(11-15-27)22(28)25-20-6-8-21(9-7-20)26-12-1-2-13-26/h3-9,16-17H,1-2,10-15H2,(H,25,28). The van der Waals surface area contributed by atoms with Crippen LogP contribution in [0, 0.1) is 11.7 Å². The number of rotatable bonds is 4. The Morgan fingerprint density at radius 2 is 1.62 bits per heavy atom. The smallest absolute Gasteiger partial charge is 0.253 e. The fourth-order valence-corrected chi connectivity index (χ4v) is 4.12. The number of carbonyl (C=O) groups is 2. The molecule has 0 radical (unpaired) electrons. The van der Waals surface area contributed by atoms with Gasteiger partial charge in [-0.3, -0.25) is 9.59 Å². The molecule has 2 fully saturated rings. The fraction of sp³-hybridized carbons (Fsp3) is 0.391. The molecule has 0 aromatic heterocycles. The summed E-state index contributed by atoms with van der Waals surface area (Å²) in [4.78, 5) is 29.2. The van der Waals surface area contributed by atoms with Crippen molar-refractivity contribution in [3.05, 3.63) is 59.9 Å². The topological polar surface area (TPSA) is 52.7 Å². The maximum Gasteiger partial charge on any atom is 0.253 e. The van der Waals surface area contributed by atoms with Gasteiger partial charge in [-0.25, -0.2) is 4.39 Å². The number of likely N-dealkylation sites (tertiary alicyclic amines) is 1. The highest BCUT2D eigenvalue weighted by atomic mass is 19.1. The molecule has 0 bridgehead atoms. The second-order valence-corrected chi connectivity index (χ2v) is 7.81. The Labute approximate surface area is 170 Å². The Morgan fingerprint density at radius 3 is 2.28 bits per heavy atom. The van der Waals surface area contributed by atoms with E-state index in [4.69, 9.17) is 0 Å². The van der Waals surface area contributed by atoms with Crippen molar-refractivity contribution in [1.82, 2.24) is 4.90 Å². The normalized spacial score (nSPS) is 17.4. The van der Waals surface area contributed by atoms with Gasteiger partial charge in [-0.05, 0) is 68.1 Å². The van der Waals surface area contributed by atoms with Gasteiger partial charge < -0.3 is 15.1 Å². The number of anilines is 2. The van der Waals surface area contributed by atoms with Crippen LogP contribution in [0.15, 0.2) is 48.5 Å². The molecule has 2 saturated heterocycles. The molecule has 5 nitrogen and oxygen atoms in total. The molecule has 0 spiro atoms. The first-order valence-corrected chi connectivity index (χ1v) is 10.3. The van der Waals surface area contributed by atoms with Crippen molar-refractivity contribution in [1.29, 1.82) is 0 Å². The van der Waals surface area contributed by atoms with E-state index in [-0.39, 0.29) is 17.7 Å². The molecule has 0 atom stereocenters. The number of hydrogen-bond acceptors (Lipinski definition) is 3. The van der Waals surface area contributed by atoms with E-state index in [0.29, 0.717) is 31.5 Å². The monoisotopic (exact) mass is 395 g/mol. The minimum absolute atomic E-state index is 0.00298. The Balaban J connectivity index is 1.29. The predicted molar refractivity (Wildman–Crippen MR) is 112 cm³/mol. The molecule has 0 unspecified atom stereocenters. The van der Waals surface area contributed by atoms with Gasteiger partial charge in [-0.2, -0.15) is 0 Å². The first kappa shape index (κ1) is 19.4. The minimum Gasteiger partial charge on any atom is -0.372 e. The molecule has 1 N–H and O–H groups in total. The lowest BCUT2D eigenvalue weighted by Gasteiger charge is -2.31. The lowest BCUT2D eigenvalue weighted by Crippen LogP contribution is -2.41. The summed E-state index contributed by atoms with van der Waals surface area (Å²) in [6.45, 7) is 3.19. The highest BCUT2D eigenvalue weighted by Gasteiger charge is 2.28. The highest BCUT2D eigenvalue weighted by molar-refractivity contribution is 5.95. The molecule has 152 valence electrons. The van der Waals surface area contributed by atoms with Gasteiger partial charge in [0.15, 0.2) is 0 Å². The molecule has 4 rings (SSSR count). The molecule has 29 heavy (non-hydrogen) atoms. The zero-order chi connectivity index (χ0) is 20.2. The average Bonchev–Trinajstić information content (AvgIpc) is 3.29. The number of piperidine rings is 1. The van der Waals surface area contributed by atoms with Crippen molar-refractivity contribution >= 4 is 23.2 Å². The summed E-state index contributed by atoms with van der Waals surface area (Å²) in [6, 6.07) is 13.8. The van der Waals surface area contributed by atoms with E-state index in [0.717, 1.165) is 18.8 Å². The van der Waals surface area contributed by atoms with Crippen LogP contribution in [0.3, 0.4) is 0 Å². The number of nitrogens with zero attached hydrogens (tertiary/aromatic N) is 2. The van der Waals surface area contributed by atoms with E-state index >= 15 is 0 Å². The van der Waals surface area contributed by atoms with Gasteiger partial charge in [0.05, 0.1) is 0 Å². The fourth-order valence-electron chi connectivity index (χ4n) is 4.12. The summed E-state index contributed by atoms with van der Waals surface area (Å²) < 4.78 is 13.4. The number of amides is 2. The Hall–Kier alpha value is -2.89. The van der Waals surface area contributed by atoms with Gasteiger partial charge in [0, 0.05) is 49.0 Å². The average molecular weight is 395 g/mol. The van der Waals surface area contributed by atoms with E-state index in [2.05, 4.69) is 22.3 Å². The summed E-state index contributed by atoms with van der Waals surface area (Å²) in [5, 5.41) is 3.00. The second kappa shape index (κ2) is 8.64. The Kier molecular flexibility index (Phi) is 5.79. The SMILES string of the molecule is O=C(Nc1ccc(N2CCCC2)cc1)C1CCN(C(=O)c2cccc(F)c2)CC1. The van der Waals surface area contributed by atoms with Crippen molar-refractivity contribution in [2.24, 2.45) is 5.92 Å². The van der Waals surface area contributed by atoms with Crippen LogP contribution < -0.4 is 10.2 Å². The Morgan fingerprint density at radius 1 is 0.931 bits per heavy atom. The van der Waals surface area contributed by atoms with Gasteiger partial charge in [-0.15, -0.1) is 0 Å². The van der Waals surface area contributed by atoms with Gasteiger partial charge in [-0.1, -0.05) is 6.07 Å². The summed E-state index contributed by atoms with van der Waals surface area (Å²) >= 11 is 0. The highest BCUT2D eigenvalue weighted by Crippen LogP contribution is 2.24. The number of hydrogen-bond donors (Lipinski definition) is 1. The maximum atomic E-state index is 13.4. The van der Waals surface area contributed by atoms with Crippen LogP contribution >= 0.6 is 0 Å². The molecule has 6 heteroatoms. The van der Waals surface area contributed by atoms with E-state index in [1.807, 2.05) is 12.1 Å². The lowest BCUT2D eigenvalue weighted by molar-refractivity contribution is -0.121. The predicted octanol–water partition coefficient (Wildman–Crippen LogP) is 3.92. The summed E-state index contributed by atoms with van der Waals surface area (Å²) in [6.07, 6.45) is 3.69. The van der Waals surface area contributed by atoms with Crippen molar-refractivity contribution in [3.8, 4) is 0 Å². The van der Waals surface area contributed by atoms with Crippen molar-refractivity contribution < 1.29 is 14.0 Å². The minimum atomic E-state index is -0.416. The molecule has 2 heterocycles. The summed E-state index contributed by atoms with van der Waals surface area (Å²) in [5.41, 5.74) is 2.35. The largest absolute Gasteiger partial charge is 0.372 e. The van der Waals surface area contributed by atoms with Crippen molar-refractivity contribution in [2.45, 2.75) is 25.7 Å². The van der Waals surface area contributed by atoms with E-state index in [9.17, 15) is 14.0 Å². The maximum absolute atomic E-state index is 13.4. The van der Waals surface area contributed by atoms with Gasteiger partial charge in [0.1, 0.15) is 5.82 Å². The van der Waals surface area contributed by atoms with Crippen LogP contribution in [-0.2, 0) is 4.79 Å². The first-order chi connectivity index (χ1) is 14.1. The molecular weight excluding hydrogens is 369 g/mol. The Bertz CT molecular complexity index is 870. The van der Waals surface area contributed by atoms with Crippen LogP contribution in [0.5, 0.6) is 0 Å². The zero-order valence-electron chi connectivity index (χ0n) is 16.4. The van der Waals surface area contributed by atoms with Crippen molar-refractivity contribution in [2.75, 3.05) is 36.4 Å². The second-order valence-electron chi connectivity index (χ2n) is 7.81. The van der Waals surface area contributed by atoms with Crippen LogP contribution in [0.25, 0.3) is 0 Å². The molecule has 2 amide bonds. The number of nitrogens with one attached hydrogen (secondary N) is 1. The lowest BCUT2D eigenvalue weighted by atomic mass is 9.95. The molecule has 0 saturated carbocycles. The third-order valence-corrected chi connectivity index (χ3v) is 5.83.